The summed E-state index contributed by atoms with van der Waals surface area (Å²) in [7, 11) is 3.82. The van der Waals surface area contributed by atoms with Crippen molar-refractivity contribution in [3.63, 3.8) is 0 Å². The average Bonchev–Trinajstić information content (AvgIpc) is 3.07. The molecule has 0 atom stereocenters. The number of aromatic nitrogens is 1. The minimum Gasteiger partial charge on any atom is -0.507 e. The van der Waals surface area contributed by atoms with Crippen LogP contribution in [0.1, 0.15) is 31.1 Å². The number of hydrogen-bond acceptors (Lipinski definition) is 6. The SMILES string of the molecule is CC(C)c1oc2c(CN(C)C)c(O)ccc2c(=O)c1-c1nc2ccccc2s1. The maximum atomic E-state index is 13.5. The topological polar surface area (TPSA) is 66.6 Å². The normalized spacial score (nSPS) is 11.9. The predicted molar refractivity (Wildman–Crippen MR) is 114 cm³/mol. The first-order chi connectivity index (χ1) is 13.4. The molecule has 6 heteroatoms. The van der Waals surface area contributed by atoms with Crippen molar-refractivity contribution in [3.8, 4) is 16.3 Å². The molecule has 0 amide bonds. The van der Waals surface area contributed by atoms with Crippen LogP contribution in [0.3, 0.4) is 0 Å². The minimum atomic E-state index is -0.107. The molecule has 0 saturated carbocycles. The third-order valence-corrected chi connectivity index (χ3v) is 5.73. The van der Waals surface area contributed by atoms with Crippen LogP contribution in [0.4, 0.5) is 0 Å². The molecule has 2 aromatic heterocycles. The fourth-order valence-electron chi connectivity index (χ4n) is 3.38. The summed E-state index contributed by atoms with van der Waals surface area (Å²) in [5.41, 5.74) is 2.36. The second-order valence-electron chi connectivity index (χ2n) is 7.49. The van der Waals surface area contributed by atoms with Crippen LogP contribution in [-0.2, 0) is 6.54 Å². The third kappa shape index (κ3) is 3.08. The van der Waals surface area contributed by atoms with Crippen molar-refractivity contribution in [2.45, 2.75) is 26.3 Å². The molecule has 0 fully saturated rings. The van der Waals surface area contributed by atoms with Crippen molar-refractivity contribution in [1.82, 2.24) is 9.88 Å². The number of hydrogen-bond donors (Lipinski definition) is 1. The molecule has 2 aromatic carbocycles. The van der Waals surface area contributed by atoms with Gasteiger partial charge in [-0.05, 0) is 38.4 Å². The number of benzene rings is 2. The van der Waals surface area contributed by atoms with E-state index in [1.165, 1.54) is 11.3 Å². The van der Waals surface area contributed by atoms with Gasteiger partial charge in [-0.2, -0.15) is 0 Å². The van der Waals surface area contributed by atoms with Gasteiger partial charge in [0, 0.05) is 12.5 Å². The molecule has 4 aromatic rings. The molecule has 0 saturated heterocycles. The molecule has 144 valence electrons. The number of phenolic OH excluding ortho intramolecular Hbond substituents is 1. The molecule has 0 aliphatic carbocycles. The van der Waals surface area contributed by atoms with Gasteiger partial charge in [-0.1, -0.05) is 26.0 Å². The van der Waals surface area contributed by atoms with Gasteiger partial charge in [0.25, 0.3) is 0 Å². The van der Waals surface area contributed by atoms with Gasteiger partial charge in [-0.15, -0.1) is 11.3 Å². The zero-order chi connectivity index (χ0) is 20.0. The van der Waals surface area contributed by atoms with Crippen LogP contribution in [0.5, 0.6) is 5.75 Å². The number of aromatic hydroxyl groups is 1. The molecule has 5 nitrogen and oxygen atoms in total. The Balaban J connectivity index is 2.06. The van der Waals surface area contributed by atoms with E-state index in [2.05, 4.69) is 4.98 Å². The van der Waals surface area contributed by atoms with Gasteiger partial charge in [0.05, 0.1) is 26.7 Å². The Hall–Kier alpha value is -2.70. The van der Waals surface area contributed by atoms with Gasteiger partial charge in [-0.3, -0.25) is 4.79 Å². The van der Waals surface area contributed by atoms with Crippen LogP contribution < -0.4 is 5.43 Å². The second kappa shape index (κ2) is 7.04. The van der Waals surface area contributed by atoms with Gasteiger partial charge < -0.3 is 14.4 Å². The standard InChI is InChI=1S/C22H22N2O3S/c1-12(2)20-18(22-23-15-7-5-6-8-17(15)28-22)19(26)13-9-10-16(25)14(11-24(3)4)21(13)27-20/h5-10,12,25H,11H2,1-4H3. The molecule has 0 unspecified atom stereocenters. The van der Waals surface area contributed by atoms with E-state index in [9.17, 15) is 9.90 Å². The summed E-state index contributed by atoms with van der Waals surface area (Å²) in [6.45, 7) is 4.47. The van der Waals surface area contributed by atoms with Gasteiger partial charge >= 0.3 is 0 Å². The molecule has 28 heavy (non-hydrogen) atoms. The molecule has 0 bridgehead atoms. The minimum absolute atomic E-state index is 0.00586. The van der Waals surface area contributed by atoms with E-state index in [1.807, 2.05) is 57.1 Å². The quantitative estimate of drug-likeness (QED) is 0.530. The molecular weight excluding hydrogens is 372 g/mol. The van der Waals surface area contributed by atoms with Crippen LogP contribution >= 0.6 is 11.3 Å². The molecular formula is C22H22N2O3S. The van der Waals surface area contributed by atoms with E-state index in [0.717, 1.165) is 10.2 Å². The number of fused-ring (bicyclic) bond motifs is 2. The Labute approximate surface area is 166 Å². The predicted octanol–water partition coefficient (Wildman–Crippen LogP) is 4.96. The first-order valence-corrected chi connectivity index (χ1v) is 10.0. The highest BCUT2D eigenvalue weighted by Crippen LogP contribution is 2.36. The summed E-state index contributed by atoms with van der Waals surface area (Å²) in [5.74, 6) is 0.725. The highest BCUT2D eigenvalue weighted by molar-refractivity contribution is 7.21. The highest BCUT2D eigenvalue weighted by atomic mass is 32.1. The Bertz CT molecular complexity index is 1200. The van der Waals surface area contributed by atoms with Crippen molar-refractivity contribution in [2.24, 2.45) is 0 Å². The third-order valence-electron chi connectivity index (χ3n) is 4.67. The molecule has 0 spiro atoms. The first kappa shape index (κ1) is 18.7. The summed E-state index contributed by atoms with van der Waals surface area (Å²) in [6.07, 6.45) is 0. The van der Waals surface area contributed by atoms with E-state index in [1.54, 1.807) is 12.1 Å². The maximum absolute atomic E-state index is 13.5. The highest BCUT2D eigenvalue weighted by Gasteiger charge is 2.23. The summed E-state index contributed by atoms with van der Waals surface area (Å²) in [4.78, 5) is 20.1. The Morgan fingerprint density at radius 3 is 2.61 bits per heavy atom. The van der Waals surface area contributed by atoms with Crippen LogP contribution in [0, 0.1) is 0 Å². The van der Waals surface area contributed by atoms with Crippen molar-refractivity contribution in [3.05, 3.63) is 57.9 Å². The number of thiazole rings is 1. The molecule has 2 heterocycles. The lowest BCUT2D eigenvalue weighted by atomic mass is 10.0. The number of phenols is 1. The number of rotatable bonds is 4. The van der Waals surface area contributed by atoms with E-state index in [-0.39, 0.29) is 17.1 Å². The second-order valence-corrected chi connectivity index (χ2v) is 8.52. The largest absolute Gasteiger partial charge is 0.507 e. The van der Waals surface area contributed by atoms with Gasteiger partial charge in [-0.25, -0.2) is 4.98 Å². The number of nitrogens with zero attached hydrogens (tertiary/aromatic N) is 2. The zero-order valence-electron chi connectivity index (χ0n) is 16.3. The van der Waals surface area contributed by atoms with Crippen LogP contribution in [0.2, 0.25) is 0 Å². The van der Waals surface area contributed by atoms with Gasteiger partial charge in [0.1, 0.15) is 22.1 Å². The Kier molecular flexibility index (Phi) is 4.69. The fourth-order valence-corrected chi connectivity index (χ4v) is 4.39. The van der Waals surface area contributed by atoms with E-state index in [0.29, 0.717) is 39.4 Å². The monoisotopic (exact) mass is 394 g/mol. The lowest BCUT2D eigenvalue weighted by Gasteiger charge is -2.16. The zero-order valence-corrected chi connectivity index (χ0v) is 17.1. The summed E-state index contributed by atoms with van der Waals surface area (Å²) in [5, 5.41) is 11.5. The average molecular weight is 394 g/mol. The van der Waals surface area contributed by atoms with Crippen molar-refractivity contribution < 1.29 is 9.52 Å². The summed E-state index contributed by atoms with van der Waals surface area (Å²) < 4.78 is 7.31. The van der Waals surface area contributed by atoms with Crippen LogP contribution in [0.15, 0.2) is 45.6 Å². The van der Waals surface area contributed by atoms with E-state index < -0.39 is 0 Å². The van der Waals surface area contributed by atoms with Crippen LogP contribution in [0.25, 0.3) is 31.8 Å². The summed E-state index contributed by atoms with van der Waals surface area (Å²) in [6, 6.07) is 11.1. The van der Waals surface area contributed by atoms with Gasteiger partial charge in [0.2, 0.25) is 5.43 Å². The van der Waals surface area contributed by atoms with E-state index in [4.69, 9.17) is 4.42 Å². The summed E-state index contributed by atoms with van der Waals surface area (Å²) >= 11 is 1.49. The Morgan fingerprint density at radius 2 is 1.93 bits per heavy atom. The van der Waals surface area contributed by atoms with Crippen molar-refractivity contribution in [1.29, 1.82) is 0 Å². The molecule has 1 N–H and O–H groups in total. The van der Waals surface area contributed by atoms with Gasteiger partial charge in [0.15, 0.2) is 0 Å². The molecule has 0 aliphatic rings. The van der Waals surface area contributed by atoms with Crippen LogP contribution in [-0.4, -0.2) is 29.1 Å². The van der Waals surface area contributed by atoms with E-state index >= 15 is 0 Å². The fraction of sp³-hybridized carbons (Fsp3) is 0.273. The van der Waals surface area contributed by atoms with Crippen molar-refractivity contribution >= 4 is 32.5 Å². The lowest BCUT2D eigenvalue weighted by molar-refractivity contribution is 0.382. The lowest BCUT2D eigenvalue weighted by Crippen LogP contribution is -2.14. The smallest absolute Gasteiger partial charge is 0.203 e. The molecule has 4 rings (SSSR count). The maximum Gasteiger partial charge on any atom is 0.203 e. The Morgan fingerprint density at radius 1 is 1.18 bits per heavy atom. The van der Waals surface area contributed by atoms with Crippen molar-refractivity contribution in [2.75, 3.05) is 14.1 Å². The molecule has 0 aliphatic heterocycles. The number of para-hydroxylation sites is 1. The molecule has 0 radical (unpaired) electrons. The first-order valence-electron chi connectivity index (χ1n) is 9.19.